The zero-order chi connectivity index (χ0) is 21.5. The standard InChI is InChI=1S/C23H25N2O4S.CH3.U/c1-16-4-8-19(9-5-16)23-25-21(17(2)29-23)14-30(27)15-22(26)24-13-12-18-6-10-20(28-3)11-7-18;;/h4-10H,12-15H2,1-3H3,(H,24,26);1H3;/q2*-1;+2. The van der Waals surface area contributed by atoms with Crippen LogP contribution in [0.5, 0.6) is 5.75 Å². The van der Waals surface area contributed by atoms with Gasteiger partial charge in [0, 0.05) is 28.7 Å². The van der Waals surface area contributed by atoms with Crippen LogP contribution < -0.4 is 10.1 Å². The molecule has 0 fully saturated rings. The van der Waals surface area contributed by atoms with Gasteiger partial charge in [0.25, 0.3) is 0 Å². The molecule has 8 heteroatoms. The van der Waals surface area contributed by atoms with Gasteiger partial charge in [-0.25, -0.2) is 4.98 Å². The fraction of sp³-hybridized carbons (Fsp3) is 0.292. The van der Waals surface area contributed by atoms with Crippen LogP contribution in [0.1, 0.15) is 22.6 Å². The topological polar surface area (TPSA) is 81.4 Å². The first-order valence-electron chi connectivity index (χ1n) is 9.64. The molecular weight excluding hydrogens is 650 g/mol. The van der Waals surface area contributed by atoms with Gasteiger partial charge in [0.2, 0.25) is 11.8 Å². The van der Waals surface area contributed by atoms with Crippen molar-refractivity contribution in [2.24, 2.45) is 0 Å². The van der Waals surface area contributed by atoms with Crippen LogP contribution in [-0.2, 0) is 27.8 Å². The fourth-order valence-corrected chi connectivity index (χ4v) is 3.92. The van der Waals surface area contributed by atoms with Gasteiger partial charge in [-0.05, 0) is 26.0 Å². The average Bonchev–Trinajstić information content (AvgIpc) is 3.09. The summed E-state index contributed by atoms with van der Waals surface area (Å²) in [6, 6.07) is 16.5. The molecule has 3 rings (SSSR count). The smallest absolute Gasteiger partial charge is 0.523 e. The van der Waals surface area contributed by atoms with Gasteiger partial charge >= 0.3 is 31.1 Å². The number of carbonyl (C=O) groups is 1. The minimum atomic E-state index is -1.37. The molecule has 1 N–H and O–H groups in total. The van der Waals surface area contributed by atoms with E-state index in [0.29, 0.717) is 36.1 Å². The Morgan fingerprint density at radius 2 is 1.91 bits per heavy atom. The summed E-state index contributed by atoms with van der Waals surface area (Å²) >= 11 is 0. The van der Waals surface area contributed by atoms with Crippen LogP contribution in [0, 0.1) is 58.5 Å². The summed E-state index contributed by atoms with van der Waals surface area (Å²) < 4.78 is 23.2. The van der Waals surface area contributed by atoms with Crippen molar-refractivity contribution in [2.75, 3.05) is 19.4 Å². The van der Waals surface area contributed by atoms with Gasteiger partial charge in [0.05, 0.1) is 18.6 Å². The summed E-state index contributed by atoms with van der Waals surface area (Å²) in [7, 11) is 0.225. The maximum atomic E-state index is 12.4. The van der Waals surface area contributed by atoms with E-state index in [1.54, 1.807) is 14.0 Å². The first-order chi connectivity index (χ1) is 14.4. The van der Waals surface area contributed by atoms with Gasteiger partial charge in [-0.3, -0.25) is 9.00 Å². The Labute approximate surface area is 216 Å². The fourth-order valence-electron chi connectivity index (χ4n) is 2.85. The van der Waals surface area contributed by atoms with Crippen LogP contribution in [0.2, 0.25) is 0 Å². The molecule has 0 radical (unpaired) electrons. The monoisotopic (exact) mass is 678 g/mol. The molecule has 3 aromatic rings. The van der Waals surface area contributed by atoms with Gasteiger partial charge < -0.3 is 21.9 Å². The van der Waals surface area contributed by atoms with Gasteiger partial charge in [-0.2, -0.15) is 17.7 Å². The number of aromatic nitrogens is 1. The normalized spacial score (nSPS) is 11.1. The van der Waals surface area contributed by atoms with Gasteiger partial charge in [-0.15, -0.1) is 12.1 Å². The summed E-state index contributed by atoms with van der Waals surface area (Å²) in [6.07, 6.45) is 0.668. The number of benzene rings is 2. The maximum absolute atomic E-state index is 12.4. The minimum Gasteiger partial charge on any atom is -0.523 e. The molecule has 0 spiro atoms. The second-order valence-corrected chi connectivity index (χ2v) is 8.44. The molecule has 0 aliphatic rings. The molecule has 0 aliphatic carbocycles. The van der Waals surface area contributed by atoms with Crippen molar-refractivity contribution in [1.29, 1.82) is 0 Å². The van der Waals surface area contributed by atoms with Crippen molar-refractivity contribution in [3.8, 4) is 17.2 Å². The Hall–Kier alpha value is -1.88. The number of hydrogen-bond acceptors (Lipinski definition) is 5. The minimum absolute atomic E-state index is 0. The Morgan fingerprint density at radius 1 is 1.19 bits per heavy atom. The zero-order valence-electron chi connectivity index (χ0n) is 18.9. The molecule has 0 saturated carbocycles. The van der Waals surface area contributed by atoms with Crippen molar-refractivity contribution in [3.05, 3.63) is 78.5 Å². The quantitative estimate of drug-likeness (QED) is 0.349. The van der Waals surface area contributed by atoms with E-state index in [1.807, 2.05) is 49.4 Å². The molecule has 1 heterocycles. The molecule has 6 nitrogen and oxygen atoms in total. The van der Waals surface area contributed by atoms with Gasteiger partial charge in [-0.1, -0.05) is 24.1 Å². The Balaban J connectivity index is 0.00000256. The number of amides is 1. The molecule has 168 valence electrons. The van der Waals surface area contributed by atoms with Crippen molar-refractivity contribution >= 4 is 16.7 Å². The van der Waals surface area contributed by atoms with E-state index >= 15 is 0 Å². The maximum Gasteiger partial charge on any atom is 2.00 e. The number of oxazole rings is 1. The molecule has 2 aromatic carbocycles. The molecule has 32 heavy (non-hydrogen) atoms. The van der Waals surface area contributed by atoms with E-state index in [-0.39, 0.29) is 56.0 Å². The number of methoxy groups -OCH3 is 1. The molecule has 1 amide bonds. The number of hydrogen-bond donors (Lipinski definition) is 1. The van der Waals surface area contributed by atoms with E-state index in [1.165, 1.54) is 0 Å². The van der Waals surface area contributed by atoms with Crippen LogP contribution in [0.25, 0.3) is 11.5 Å². The van der Waals surface area contributed by atoms with E-state index in [4.69, 9.17) is 9.15 Å². The third kappa shape index (κ3) is 8.23. The van der Waals surface area contributed by atoms with Gasteiger partial charge in [0.1, 0.15) is 11.5 Å². The van der Waals surface area contributed by atoms with Crippen LogP contribution in [0.4, 0.5) is 0 Å². The first kappa shape index (κ1) is 28.2. The Kier molecular flexibility index (Phi) is 12.0. The molecular formula is C24H28N2O4SU. The molecule has 0 aliphatic heterocycles. The molecule has 1 unspecified atom stereocenters. The number of nitrogens with one attached hydrogen (secondary N) is 1. The Bertz CT molecular complexity index is 1020. The van der Waals surface area contributed by atoms with Crippen molar-refractivity contribution in [2.45, 2.75) is 26.0 Å². The first-order valence-corrected chi connectivity index (χ1v) is 11.1. The summed E-state index contributed by atoms with van der Waals surface area (Å²) in [5.41, 5.74) is 3.68. The summed E-state index contributed by atoms with van der Waals surface area (Å²) in [4.78, 5) is 16.6. The van der Waals surface area contributed by atoms with Crippen LogP contribution >= 0.6 is 0 Å². The van der Waals surface area contributed by atoms with Crippen molar-refractivity contribution in [1.82, 2.24) is 10.3 Å². The third-order valence-electron chi connectivity index (χ3n) is 4.59. The molecule has 1 aromatic heterocycles. The van der Waals surface area contributed by atoms with E-state index < -0.39 is 10.8 Å². The predicted molar refractivity (Wildman–Crippen MR) is 123 cm³/mol. The van der Waals surface area contributed by atoms with Crippen LogP contribution in [0.3, 0.4) is 0 Å². The second kappa shape index (κ2) is 13.6. The van der Waals surface area contributed by atoms with Crippen LogP contribution in [0.15, 0.2) is 46.9 Å². The largest absolute Gasteiger partial charge is 2.00 e. The van der Waals surface area contributed by atoms with Crippen molar-refractivity contribution < 1.29 is 49.3 Å². The average molecular weight is 679 g/mol. The number of rotatable bonds is 9. The third-order valence-corrected chi connectivity index (χ3v) is 5.76. The second-order valence-electron chi connectivity index (χ2n) is 6.98. The summed E-state index contributed by atoms with van der Waals surface area (Å²) in [5, 5.41) is 2.81. The number of aryl methyl sites for hydroxylation is 2. The molecule has 1 atom stereocenters. The summed E-state index contributed by atoms with van der Waals surface area (Å²) in [6.45, 7) is 4.28. The number of ether oxygens (including phenoxy) is 1. The van der Waals surface area contributed by atoms with E-state index in [2.05, 4.69) is 16.4 Å². The SMILES string of the molecule is COc1[c-]cc(CCNC(=O)CS(=O)Cc2nc(-c3ccc(C)cc3)oc2C)cc1.[CH3-].[U+2]. The van der Waals surface area contributed by atoms with Crippen molar-refractivity contribution in [3.63, 3.8) is 0 Å². The number of nitrogens with zero attached hydrogens (tertiary/aromatic N) is 1. The summed E-state index contributed by atoms with van der Waals surface area (Å²) in [5.74, 6) is 1.66. The van der Waals surface area contributed by atoms with Gasteiger partial charge in [0.15, 0.2) is 0 Å². The van der Waals surface area contributed by atoms with Crippen LogP contribution in [-0.4, -0.2) is 34.5 Å². The van der Waals surface area contributed by atoms with E-state index in [0.717, 1.165) is 16.7 Å². The number of carbonyl (C=O) groups excluding carboxylic acids is 1. The zero-order valence-corrected chi connectivity index (χ0v) is 23.8. The van der Waals surface area contributed by atoms with E-state index in [9.17, 15) is 9.00 Å². The molecule has 0 bridgehead atoms. The molecule has 0 saturated heterocycles. The predicted octanol–water partition coefficient (Wildman–Crippen LogP) is 3.83. The Morgan fingerprint density at radius 3 is 2.53 bits per heavy atom.